The Morgan fingerprint density at radius 1 is 0.943 bits per heavy atom. The second-order valence-corrected chi connectivity index (χ2v) is 7.60. The number of methoxy groups -OCH3 is 1. The molecular weight excluding hydrogens is 444 g/mol. The van der Waals surface area contributed by atoms with E-state index in [0.29, 0.717) is 49.2 Å². The number of fused-ring (bicyclic) bond motifs is 1. The van der Waals surface area contributed by atoms with Crippen molar-refractivity contribution < 1.29 is 19.0 Å². The van der Waals surface area contributed by atoms with Crippen LogP contribution in [-0.2, 0) is 4.79 Å². The molecule has 0 aliphatic carbocycles. The lowest BCUT2D eigenvalue weighted by Crippen LogP contribution is -2.25. The number of carbonyl (C=O) groups excluding carboxylic acids is 1. The number of anilines is 1. The fourth-order valence-corrected chi connectivity index (χ4v) is 3.43. The molecule has 1 heterocycles. The number of H-pyrrole nitrogens is 1. The average Bonchev–Trinajstić information content (AvgIpc) is 3.31. The number of benzene rings is 3. The zero-order valence-corrected chi connectivity index (χ0v) is 19.5. The third-order valence-corrected chi connectivity index (χ3v) is 5.15. The van der Waals surface area contributed by atoms with E-state index in [4.69, 9.17) is 14.2 Å². The largest absolute Gasteiger partial charge is 0.493 e. The quantitative estimate of drug-likeness (QED) is 0.210. The molecule has 1 aromatic heterocycles. The van der Waals surface area contributed by atoms with Crippen LogP contribution in [0.15, 0.2) is 78.9 Å². The lowest BCUT2D eigenvalue weighted by atomic mass is 10.2. The monoisotopic (exact) mass is 472 g/mol. The van der Waals surface area contributed by atoms with Crippen molar-refractivity contribution >= 4 is 28.6 Å². The van der Waals surface area contributed by atoms with Gasteiger partial charge in [-0.3, -0.25) is 9.89 Å². The van der Waals surface area contributed by atoms with E-state index in [-0.39, 0.29) is 5.91 Å². The number of aromatic nitrogens is 2. The van der Waals surface area contributed by atoms with E-state index < -0.39 is 0 Å². The van der Waals surface area contributed by atoms with Gasteiger partial charge in [-0.1, -0.05) is 36.4 Å². The summed E-state index contributed by atoms with van der Waals surface area (Å²) in [5.74, 6) is 1.73. The first kappa shape index (κ1) is 23.8. The van der Waals surface area contributed by atoms with Crippen LogP contribution in [-0.4, -0.2) is 49.5 Å². The molecular formula is C27H28N4O4. The van der Waals surface area contributed by atoms with Gasteiger partial charge in [-0.25, -0.2) is 0 Å². The summed E-state index contributed by atoms with van der Waals surface area (Å²) in [6.45, 7) is 2.41. The number of para-hydroxylation sites is 2. The normalized spacial score (nSPS) is 11.0. The molecule has 1 amide bonds. The SMILES string of the molecule is COc1cc(NC(=O)C=Cc2n[nH]c3ccccc23)ccc1OCCNCCOc1ccccc1. The number of nitrogens with one attached hydrogen (secondary N) is 3. The topological polar surface area (TPSA) is 97.5 Å². The molecule has 0 aliphatic rings. The number of hydrogen-bond acceptors (Lipinski definition) is 6. The molecule has 8 heteroatoms. The van der Waals surface area contributed by atoms with E-state index in [1.54, 1.807) is 31.4 Å². The lowest BCUT2D eigenvalue weighted by Gasteiger charge is -2.13. The van der Waals surface area contributed by atoms with Gasteiger partial charge in [0.1, 0.15) is 19.0 Å². The van der Waals surface area contributed by atoms with Gasteiger partial charge in [-0.05, 0) is 36.4 Å². The Balaban J connectivity index is 1.22. The molecule has 0 spiro atoms. The molecule has 0 fully saturated rings. The maximum Gasteiger partial charge on any atom is 0.248 e. The van der Waals surface area contributed by atoms with Crippen LogP contribution >= 0.6 is 0 Å². The van der Waals surface area contributed by atoms with Crippen LogP contribution in [0.4, 0.5) is 5.69 Å². The van der Waals surface area contributed by atoms with Crippen molar-refractivity contribution in [2.45, 2.75) is 0 Å². The highest BCUT2D eigenvalue weighted by molar-refractivity contribution is 6.03. The summed E-state index contributed by atoms with van der Waals surface area (Å²) < 4.78 is 16.9. The van der Waals surface area contributed by atoms with Gasteiger partial charge in [0.2, 0.25) is 5.91 Å². The van der Waals surface area contributed by atoms with Gasteiger partial charge < -0.3 is 24.8 Å². The molecule has 3 N–H and O–H groups in total. The highest BCUT2D eigenvalue weighted by Gasteiger charge is 2.08. The van der Waals surface area contributed by atoms with Crippen LogP contribution in [0.3, 0.4) is 0 Å². The minimum absolute atomic E-state index is 0.269. The molecule has 0 bridgehead atoms. The predicted molar refractivity (Wildman–Crippen MR) is 137 cm³/mol. The summed E-state index contributed by atoms with van der Waals surface area (Å²) in [5, 5.41) is 14.2. The van der Waals surface area contributed by atoms with Gasteiger partial charge in [0.05, 0.1) is 18.3 Å². The Hall–Kier alpha value is -4.30. The molecule has 180 valence electrons. The van der Waals surface area contributed by atoms with Crippen molar-refractivity contribution in [2.24, 2.45) is 0 Å². The van der Waals surface area contributed by atoms with E-state index in [9.17, 15) is 4.79 Å². The molecule has 0 atom stereocenters. The molecule has 4 aromatic rings. The number of rotatable bonds is 12. The van der Waals surface area contributed by atoms with Crippen LogP contribution in [0.5, 0.6) is 17.2 Å². The van der Waals surface area contributed by atoms with Crippen molar-refractivity contribution in [3.8, 4) is 17.2 Å². The molecule has 0 saturated carbocycles. The molecule has 4 rings (SSSR count). The molecule has 0 unspecified atom stereocenters. The second kappa shape index (κ2) is 12.2. The standard InChI is InChI=1S/C27H28N4O4/c1-33-26-19-20(29-27(32)14-12-24-22-9-5-6-10-23(22)30-31-24)11-13-25(26)35-18-16-28-15-17-34-21-7-3-2-4-8-21/h2-14,19,28H,15-18H2,1H3,(H,29,32)(H,30,31). The maximum atomic E-state index is 12.4. The molecule has 0 aliphatic heterocycles. The molecule has 0 radical (unpaired) electrons. The second-order valence-electron chi connectivity index (χ2n) is 7.60. The van der Waals surface area contributed by atoms with Crippen molar-refractivity contribution in [1.29, 1.82) is 0 Å². The minimum atomic E-state index is -0.269. The van der Waals surface area contributed by atoms with Gasteiger partial charge in [0.15, 0.2) is 11.5 Å². The lowest BCUT2D eigenvalue weighted by molar-refractivity contribution is -0.111. The van der Waals surface area contributed by atoms with E-state index in [1.807, 2.05) is 54.6 Å². The van der Waals surface area contributed by atoms with Gasteiger partial charge in [0.25, 0.3) is 0 Å². The fourth-order valence-electron chi connectivity index (χ4n) is 3.43. The van der Waals surface area contributed by atoms with Crippen molar-refractivity contribution in [3.05, 3.63) is 84.6 Å². The number of amides is 1. The Kier molecular flexibility index (Phi) is 8.34. The highest BCUT2D eigenvalue weighted by atomic mass is 16.5. The first-order chi connectivity index (χ1) is 17.2. The molecule has 0 saturated heterocycles. The molecule has 35 heavy (non-hydrogen) atoms. The smallest absolute Gasteiger partial charge is 0.248 e. The van der Waals surface area contributed by atoms with Crippen LogP contribution < -0.4 is 24.8 Å². The van der Waals surface area contributed by atoms with Crippen molar-refractivity contribution in [3.63, 3.8) is 0 Å². The van der Waals surface area contributed by atoms with Crippen LogP contribution in [0.2, 0.25) is 0 Å². The van der Waals surface area contributed by atoms with E-state index in [2.05, 4.69) is 20.8 Å². The Morgan fingerprint density at radius 3 is 2.54 bits per heavy atom. The Labute approximate surface area is 203 Å². The number of carbonyl (C=O) groups is 1. The summed E-state index contributed by atoms with van der Waals surface area (Å²) >= 11 is 0. The number of aromatic amines is 1. The number of ether oxygens (including phenoxy) is 3. The highest BCUT2D eigenvalue weighted by Crippen LogP contribution is 2.30. The van der Waals surface area contributed by atoms with Crippen LogP contribution in [0.1, 0.15) is 5.69 Å². The summed E-state index contributed by atoms with van der Waals surface area (Å²) in [4.78, 5) is 12.4. The summed E-state index contributed by atoms with van der Waals surface area (Å²) in [7, 11) is 1.57. The van der Waals surface area contributed by atoms with Gasteiger partial charge in [-0.15, -0.1) is 0 Å². The first-order valence-corrected chi connectivity index (χ1v) is 11.3. The van der Waals surface area contributed by atoms with Gasteiger partial charge in [0, 0.05) is 36.3 Å². The summed E-state index contributed by atoms with van der Waals surface area (Å²) in [6.07, 6.45) is 3.13. The van der Waals surface area contributed by atoms with E-state index in [1.165, 1.54) is 6.08 Å². The fraction of sp³-hybridized carbons (Fsp3) is 0.185. The zero-order valence-electron chi connectivity index (χ0n) is 19.5. The van der Waals surface area contributed by atoms with Crippen molar-refractivity contribution in [2.75, 3.05) is 38.7 Å². The van der Waals surface area contributed by atoms with Crippen molar-refractivity contribution in [1.82, 2.24) is 15.5 Å². The third kappa shape index (κ3) is 6.84. The maximum absolute atomic E-state index is 12.4. The zero-order chi connectivity index (χ0) is 24.3. The Bertz CT molecular complexity index is 1270. The van der Waals surface area contributed by atoms with Gasteiger partial charge >= 0.3 is 0 Å². The number of hydrogen-bond donors (Lipinski definition) is 3. The van der Waals surface area contributed by atoms with Gasteiger partial charge in [-0.2, -0.15) is 5.10 Å². The first-order valence-electron chi connectivity index (χ1n) is 11.3. The van der Waals surface area contributed by atoms with Crippen LogP contribution in [0.25, 0.3) is 17.0 Å². The third-order valence-electron chi connectivity index (χ3n) is 5.15. The Morgan fingerprint density at radius 2 is 1.71 bits per heavy atom. The molecule has 8 nitrogen and oxygen atoms in total. The summed E-state index contributed by atoms with van der Waals surface area (Å²) in [6, 6.07) is 22.7. The van der Waals surface area contributed by atoms with Crippen LogP contribution in [0, 0.1) is 0 Å². The summed E-state index contributed by atoms with van der Waals surface area (Å²) in [5.41, 5.74) is 2.23. The van der Waals surface area contributed by atoms with E-state index in [0.717, 1.165) is 16.7 Å². The number of nitrogens with zero attached hydrogens (tertiary/aromatic N) is 1. The average molecular weight is 473 g/mol. The molecule has 3 aromatic carbocycles. The van der Waals surface area contributed by atoms with E-state index >= 15 is 0 Å². The minimum Gasteiger partial charge on any atom is -0.493 e. The predicted octanol–water partition coefficient (Wildman–Crippen LogP) is 4.27.